The van der Waals surface area contributed by atoms with E-state index >= 15 is 0 Å². The molecule has 2 aromatic carbocycles. The van der Waals surface area contributed by atoms with Crippen LogP contribution in [0.25, 0.3) is 4.85 Å². The highest BCUT2D eigenvalue weighted by Crippen LogP contribution is 2.74. The quantitative estimate of drug-likeness (QED) is 0.311. The first-order valence-corrected chi connectivity index (χ1v) is 12.4. The van der Waals surface area contributed by atoms with Crippen LogP contribution in [0.3, 0.4) is 0 Å². The van der Waals surface area contributed by atoms with Crippen molar-refractivity contribution in [3.63, 3.8) is 0 Å². The van der Waals surface area contributed by atoms with E-state index in [1.54, 1.807) is 30.3 Å². The minimum absolute atomic E-state index is 0.383. The summed E-state index contributed by atoms with van der Waals surface area (Å²) >= 11 is 8.81. The molecule has 0 aliphatic heterocycles. The van der Waals surface area contributed by atoms with Gasteiger partial charge in [0.2, 0.25) is 0 Å². The Morgan fingerprint density at radius 1 is 1.17 bits per heavy atom. The fourth-order valence-electron chi connectivity index (χ4n) is 1.65. The largest absolute Gasteiger partial charge is 0.329 e. The SMILES string of the molecule is [C-]#[N+]c1ccc(SP(=S)(OCC=C)Sc2ccc(C#N)cc2)cc1. The third kappa shape index (κ3) is 5.53. The second-order valence-electron chi connectivity index (χ2n) is 4.46. The van der Waals surface area contributed by atoms with Gasteiger partial charge in [-0.2, -0.15) is 5.26 Å². The Kier molecular flexibility index (Phi) is 7.12. The molecule has 1 atom stereocenters. The zero-order chi connectivity index (χ0) is 17.4. The van der Waals surface area contributed by atoms with Gasteiger partial charge in [-0.15, -0.1) is 6.58 Å². The third-order valence-electron chi connectivity index (χ3n) is 2.73. The molecule has 0 saturated heterocycles. The molecule has 0 aliphatic rings. The highest BCUT2D eigenvalue weighted by atomic mass is 33.2. The van der Waals surface area contributed by atoms with E-state index in [1.807, 2.05) is 24.3 Å². The van der Waals surface area contributed by atoms with Crippen molar-refractivity contribution in [2.75, 3.05) is 6.61 Å². The predicted molar refractivity (Wildman–Crippen MR) is 106 cm³/mol. The van der Waals surface area contributed by atoms with Crippen molar-refractivity contribution < 1.29 is 4.52 Å². The molecule has 2 rings (SSSR count). The predicted octanol–water partition coefficient (Wildman–Crippen LogP) is 6.42. The van der Waals surface area contributed by atoms with Crippen LogP contribution in [-0.2, 0) is 16.3 Å². The summed E-state index contributed by atoms with van der Waals surface area (Å²) in [4.78, 5) is 5.32. The van der Waals surface area contributed by atoms with Gasteiger partial charge in [0.05, 0.1) is 24.8 Å². The van der Waals surface area contributed by atoms with E-state index in [2.05, 4.69) is 17.5 Å². The monoisotopic (exact) mass is 388 g/mol. The maximum Gasteiger partial charge on any atom is 0.187 e. The summed E-state index contributed by atoms with van der Waals surface area (Å²) in [7, 11) is 0. The van der Waals surface area contributed by atoms with Gasteiger partial charge in [0.15, 0.2) is 10.4 Å². The van der Waals surface area contributed by atoms with E-state index in [0.29, 0.717) is 17.9 Å². The number of hydrogen-bond acceptors (Lipinski definition) is 5. The Balaban J connectivity index is 2.20. The second kappa shape index (κ2) is 9.08. The van der Waals surface area contributed by atoms with Crippen LogP contribution in [0.15, 0.2) is 71.0 Å². The van der Waals surface area contributed by atoms with E-state index < -0.39 is 4.67 Å². The molecule has 0 N–H and O–H groups in total. The van der Waals surface area contributed by atoms with Crippen LogP contribution in [0.2, 0.25) is 0 Å². The standard InChI is InChI=1S/C17H13N2OPS3/c1-3-12-20-21(22,23-16-8-4-14(13-18)5-9-16)24-17-10-6-15(19-2)7-11-17/h3-11H,1,12H2. The molecule has 0 amide bonds. The first-order valence-electron chi connectivity index (χ1n) is 6.81. The summed E-state index contributed by atoms with van der Waals surface area (Å²) in [5, 5.41) is 8.88. The normalized spacial score (nSPS) is 12.6. The summed E-state index contributed by atoms with van der Waals surface area (Å²) in [6.07, 6.45) is 1.68. The summed E-state index contributed by atoms with van der Waals surface area (Å²) in [6, 6.07) is 16.7. The van der Waals surface area contributed by atoms with Crippen LogP contribution in [0, 0.1) is 17.9 Å². The maximum atomic E-state index is 8.88. The maximum absolute atomic E-state index is 8.88. The van der Waals surface area contributed by atoms with Gasteiger partial charge in [-0.25, -0.2) is 4.85 Å². The van der Waals surface area contributed by atoms with Crippen LogP contribution in [0.5, 0.6) is 0 Å². The molecule has 120 valence electrons. The summed E-state index contributed by atoms with van der Waals surface area (Å²) in [5.74, 6) is 0. The van der Waals surface area contributed by atoms with Crippen molar-refractivity contribution in [3.05, 3.63) is 78.2 Å². The first-order chi connectivity index (χ1) is 11.6. The molecule has 7 heteroatoms. The number of hydrogen-bond donors (Lipinski definition) is 0. The van der Waals surface area contributed by atoms with E-state index in [-0.39, 0.29) is 0 Å². The van der Waals surface area contributed by atoms with Crippen molar-refractivity contribution in [2.24, 2.45) is 0 Å². The highest BCUT2D eigenvalue weighted by Gasteiger charge is 2.21. The van der Waals surface area contributed by atoms with Gasteiger partial charge in [-0.05, 0) is 36.1 Å². The van der Waals surface area contributed by atoms with Crippen molar-refractivity contribution in [1.29, 1.82) is 5.26 Å². The van der Waals surface area contributed by atoms with Gasteiger partial charge in [0.1, 0.15) is 0 Å². The Labute approximate surface area is 155 Å². The zero-order valence-corrected chi connectivity index (χ0v) is 15.9. The van der Waals surface area contributed by atoms with Crippen LogP contribution >= 0.6 is 27.4 Å². The van der Waals surface area contributed by atoms with Gasteiger partial charge < -0.3 is 4.52 Å². The molecule has 0 saturated carbocycles. The van der Waals surface area contributed by atoms with Gasteiger partial charge in [0.25, 0.3) is 0 Å². The number of benzene rings is 2. The van der Waals surface area contributed by atoms with Crippen molar-refractivity contribution in [2.45, 2.75) is 9.79 Å². The molecule has 2 aromatic rings. The lowest BCUT2D eigenvalue weighted by Crippen LogP contribution is -1.85. The molecule has 0 spiro atoms. The summed E-state index contributed by atoms with van der Waals surface area (Å²) in [6.45, 7) is 11.1. The van der Waals surface area contributed by atoms with Gasteiger partial charge in [0, 0.05) is 9.79 Å². The Bertz CT molecular complexity index is 773. The minimum atomic E-state index is -2.29. The van der Waals surface area contributed by atoms with Crippen molar-refractivity contribution in [3.8, 4) is 6.07 Å². The second-order valence-corrected chi connectivity index (χ2v) is 14.7. The average Bonchev–Trinajstić information content (AvgIpc) is 2.61. The molecule has 0 fully saturated rings. The number of rotatable bonds is 7. The Hall–Kier alpha value is -1.53. The topological polar surface area (TPSA) is 37.4 Å². The van der Waals surface area contributed by atoms with Crippen LogP contribution in [-0.4, -0.2) is 6.61 Å². The van der Waals surface area contributed by atoms with Gasteiger partial charge in [-0.3, -0.25) is 0 Å². The van der Waals surface area contributed by atoms with E-state index in [4.69, 9.17) is 28.2 Å². The minimum Gasteiger partial charge on any atom is -0.329 e. The molecular weight excluding hydrogens is 375 g/mol. The molecule has 0 aromatic heterocycles. The van der Waals surface area contributed by atoms with Crippen LogP contribution in [0.4, 0.5) is 5.69 Å². The van der Waals surface area contributed by atoms with E-state index in [0.717, 1.165) is 9.79 Å². The average molecular weight is 388 g/mol. The fourth-order valence-corrected chi connectivity index (χ4v) is 9.80. The molecule has 1 unspecified atom stereocenters. The molecule has 3 nitrogen and oxygen atoms in total. The summed E-state index contributed by atoms with van der Waals surface area (Å²) < 4.78 is 3.62. The number of nitrogens with zero attached hydrogens (tertiary/aromatic N) is 2. The molecular formula is C17H13N2OPS3. The van der Waals surface area contributed by atoms with Crippen LogP contribution in [0.1, 0.15) is 5.56 Å². The Morgan fingerprint density at radius 2 is 1.71 bits per heavy atom. The van der Waals surface area contributed by atoms with E-state index in [1.165, 1.54) is 22.8 Å². The Morgan fingerprint density at radius 3 is 2.17 bits per heavy atom. The lowest BCUT2D eigenvalue weighted by molar-refractivity contribution is 0.420. The molecule has 24 heavy (non-hydrogen) atoms. The zero-order valence-electron chi connectivity index (χ0n) is 12.6. The lowest BCUT2D eigenvalue weighted by Gasteiger charge is -2.20. The van der Waals surface area contributed by atoms with Gasteiger partial charge in [-0.1, -0.05) is 53.1 Å². The third-order valence-corrected chi connectivity index (χ3v) is 10.9. The van der Waals surface area contributed by atoms with Crippen molar-refractivity contribution in [1.82, 2.24) is 0 Å². The molecule has 0 bridgehead atoms. The summed E-state index contributed by atoms with van der Waals surface area (Å²) in [5.41, 5.74) is 1.21. The lowest BCUT2D eigenvalue weighted by atomic mass is 10.2. The van der Waals surface area contributed by atoms with E-state index in [9.17, 15) is 0 Å². The first kappa shape index (κ1) is 18.8. The highest BCUT2D eigenvalue weighted by molar-refractivity contribution is 8.99. The smallest absolute Gasteiger partial charge is 0.187 e. The molecule has 0 aliphatic carbocycles. The van der Waals surface area contributed by atoms with Crippen molar-refractivity contribution >= 4 is 44.9 Å². The number of nitriles is 1. The fraction of sp³-hybridized carbons (Fsp3) is 0.0588. The molecule has 0 radical (unpaired) electrons. The molecule has 0 heterocycles. The van der Waals surface area contributed by atoms with Gasteiger partial charge >= 0.3 is 0 Å². The van der Waals surface area contributed by atoms with Crippen LogP contribution < -0.4 is 0 Å².